The van der Waals surface area contributed by atoms with Gasteiger partial charge in [0.25, 0.3) is 0 Å². The predicted octanol–water partition coefficient (Wildman–Crippen LogP) is 13.5. The summed E-state index contributed by atoms with van der Waals surface area (Å²) in [6.45, 7) is 0. The normalized spacial score (nSPS) is 11.9. The first kappa shape index (κ1) is 30.9. The highest BCUT2D eigenvalue weighted by molar-refractivity contribution is 6.24. The third kappa shape index (κ3) is 4.53. The summed E-state index contributed by atoms with van der Waals surface area (Å²) >= 11 is 0. The molecule has 0 saturated carbocycles. The molecule has 0 atom stereocenters. The second-order valence-electron chi connectivity index (χ2n) is 14.6. The zero-order chi connectivity index (χ0) is 36.7. The van der Waals surface area contributed by atoms with Crippen molar-refractivity contribution in [1.29, 1.82) is 0 Å². The Morgan fingerprint density at radius 2 is 1.02 bits per heavy atom. The van der Waals surface area contributed by atoms with Crippen LogP contribution in [0.25, 0.3) is 110 Å². The van der Waals surface area contributed by atoms with E-state index in [1.807, 2.05) is 0 Å². The van der Waals surface area contributed by atoms with Crippen LogP contribution in [0.4, 0.5) is 0 Å². The van der Waals surface area contributed by atoms with E-state index < -0.39 is 0 Å². The maximum Gasteiger partial charge on any atom is 0.235 e. The van der Waals surface area contributed by atoms with Crippen LogP contribution in [0, 0.1) is 0 Å². The van der Waals surface area contributed by atoms with E-state index in [1.54, 1.807) is 0 Å². The van der Waals surface area contributed by atoms with E-state index >= 15 is 0 Å². The van der Waals surface area contributed by atoms with E-state index in [4.69, 9.17) is 9.97 Å². The third-order valence-corrected chi connectivity index (χ3v) is 11.5. The van der Waals surface area contributed by atoms with Gasteiger partial charge in [-0.15, -0.1) is 0 Å². The monoisotopic (exact) mass is 712 g/mol. The molecule has 12 aromatic rings. The van der Waals surface area contributed by atoms with Crippen LogP contribution in [-0.2, 0) is 0 Å². The number of para-hydroxylation sites is 3. The standard InChI is InChI=1S/C52H32N4/c1-3-14-33(15-4-1)37-27-28-46-43(31-37)44-30-35-17-7-8-18-36(35)32-48(44)56(46)52-53-45-25-12-11-22-40(45)50(54-52)42-24-13-23-41-49-39-21-10-9-16-34(39)26-29-47(49)55(51(41)42)38-19-5-2-6-20-38/h1-32H. The summed E-state index contributed by atoms with van der Waals surface area (Å²) in [6.07, 6.45) is 0. The molecule has 0 bridgehead atoms. The number of fused-ring (bicyclic) bond motifs is 10. The fourth-order valence-corrected chi connectivity index (χ4v) is 8.97. The first-order chi connectivity index (χ1) is 27.8. The number of hydrogen-bond acceptors (Lipinski definition) is 2. The zero-order valence-electron chi connectivity index (χ0n) is 30.3. The molecule has 0 saturated heterocycles. The van der Waals surface area contributed by atoms with Crippen LogP contribution in [0.2, 0.25) is 0 Å². The van der Waals surface area contributed by atoms with E-state index in [0.29, 0.717) is 5.95 Å². The fraction of sp³-hybridized carbons (Fsp3) is 0. The van der Waals surface area contributed by atoms with E-state index in [9.17, 15) is 0 Å². The summed E-state index contributed by atoms with van der Waals surface area (Å²) in [4.78, 5) is 11.0. The minimum absolute atomic E-state index is 0.645. The Morgan fingerprint density at radius 3 is 1.86 bits per heavy atom. The molecule has 56 heavy (non-hydrogen) atoms. The van der Waals surface area contributed by atoms with Gasteiger partial charge in [-0.1, -0.05) is 146 Å². The molecule has 0 unspecified atom stereocenters. The summed E-state index contributed by atoms with van der Waals surface area (Å²) in [5.41, 5.74) is 10.8. The van der Waals surface area contributed by atoms with Crippen LogP contribution in [0.3, 0.4) is 0 Å². The van der Waals surface area contributed by atoms with Gasteiger partial charge in [0, 0.05) is 38.2 Å². The van der Waals surface area contributed by atoms with Crippen molar-refractivity contribution >= 4 is 76.1 Å². The minimum Gasteiger partial charge on any atom is -0.309 e. The molecular formula is C52H32N4. The Labute approximate surface area is 322 Å². The number of benzene rings is 9. The fourth-order valence-electron chi connectivity index (χ4n) is 8.97. The van der Waals surface area contributed by atoms with Gasteiger partial charge in [0.15, 0.2) is 0 Å². The molecule has 0 fully saturated rings. The molecule has 0 N–H and O–H groups in total. The van der Waals surface area contributed by atoms with E-state index in [0.717, 1.165) is 44.4 Å². The van der Waals surface area contributed by atoms with Crippen molar-refractivity contribution in [2.24, 2.45) is 0 Å². The highest BCUT2D eigenvalue weighted by atomic mass is 15.2. The van der Waals surface area contributed by atoms with Crippen molar-refractivity contribution in [3.05, 3.63) is 194 Å². The average Bonchev–Trinajstić information content (AvgIpc) is 3.78. The lowest BCUT2D eigenvalue weighted by molar-refractivity contribution is 1.01. The van der Waals surface area contributed by atoms with Crippen molar-refractivity contribution in [2.45, 2.75) is 0 Å². The molecule has 4 nitrogen and oxygen atoms in total. The lowest BCUT2D eigenvalue weighted by Gasteiger charge is -2.15. The molecular weight excluding hydrogens is 681 g/mol. The predicted molar refractivity (Wildman–Crippen MR) is 234 cm³/mol. The van der Waals surface area contributed by atoms with Gasteiger partial charge in [-0.05, 0) is 81.2 Å². The summed E-state index contributed by atoms with van der Waals surface area (Å²) in [5, 5.41) is 10.6. The first-order valence-electron chi connectivity index (χ1n) is 19.1. The smallest absolute Gasteiger partial charge is 0.235 e. The summed E-state index contributed by atoms with van der Waals surface area (Å²) in [5.74, 6) is 0.645. The van der Waals surface area contributed by atoms with E-state index in [1.165, 1.54) is 59.7 Å². The SMILES string of the molecule is c1ccc(-c2ccc3c(c2)c2cc4ccccc4cc2n3-c2nc(-c3cccc4c5c6ccccc6ccc5n(-c5ccccc5)c34)c3ccccc3n2)cc1. The van der Waals surface area contributed by atoms with Gasteiger partial charge in [-0.25, -0.2) is 9.97 Å². The maximum absolute atomic E-state index is 5.63. The van der Waals surface area contributed by atoms with Crippen molar-refractivity contribution in [2.75, 3.05) is 0 Å². The molecule has 0 spiro atoms. The molecule has 3 aromatic heterocycles. The Bertz CT molecular complexity index is 3520. The topological polar surface area (TPSA) is 35.6 Å². The maximum atomic E-state index is 5.63. The second-order valence-corrected chi connectivity index (χ2v) is 14.6. The molecule has 3 heterocycles. The van der Waals surface area contributed by atoms with Crippen LogP contribution in [0.1, 0.15) is 0 Å². The van der Waals surface area contributed by atoms with Gasteiger partial charge in [-0.2, -0.15) is 0 Å². The molecule has 12 rings (SSSR count). The van der Waals surface area contributed by atoms with Crippen molar-refractivity contribution in [3.8, 4) is 34.0 Å². The van der Waals surface area contributed by atoms with Gasteiger partial charge < -0.3 is 4.57 Å². The van der Waals surface area contributed by atoms with Gasteiger partial charge in [-0.3, -0.25) is 4.57 Å². The van der Waals surface area contributed by atoms with Crippen LogP contribution in [0.15, 0.2) is 194 Å². The summed E-state index contributed by atoms with van der Waals surface area (Å²) in [7, 11) is 0. The first-order valence-corrected chi connectivity index (χ1v) is 19.1. The van der Waals surface area contributed by atoms with Crippen LogP contribution in [-0.4, -0.2) is 19.1 Å². The van der Waals surface area contributed by atoms with Gasteiger partial charge >= 0.3 is 0 Å². The average molecular weight is 713 g/mol. The number of aromatic nitrogens is 4. The Morgan fingerprint density at radius 1 is 0.357 bits per heavy atom. The molecule has 260 valence electrons. The Kier molecular flexibility index (Phi) is 6.60. The number of rotatable bonds is 4. The molecule has 0 amide bonds. The van der Waals surface area contributed by atoms with Crippen molar-refractivity contribution < 1.29 is 0 Å². The highest BCUT2D eigenvalue weighted by Crippen LogP contribution is 2.43. The molecule has 9 aromatic carbocycles. The largest absolute Gasteiger partial charge is 0.309 e. The van der Waals surface area contributed by atoms with Crippen molar-refractivity contribution in [1.82, 2.24) is 19.1 Å². The lowest BCUT2D eigenvalue weighted by Crippen LogP contribution is -2.04. The summed E-state index contributed by atoms with van der Waals surface area (Å²) in [6, 6.07) is 69.6. The zero-order valence-corrected chi connectivity index (χ0v) is 30.3. The van der Waals surface area contributed by atoms with Gasteiger partial charge in [0.1, 0.15) is 0 Å². The minimum atomic E-state index is 0.645. The van der Waals surface area contributed by atoms with E-state index in [2.05, 4.69) is 203 Å². The Balaban J connectivity index is 1.20. The molecule has 0 aliphatic carbocycles. The van der Waals surface area contributed by atoms with Gasteiger partial charge in [0.2, 0.25) is 5.95 Å². The van der Waals surface area contributed by atoms with Crippen LogP contribution in [0.5, 0.6) is 0 Å². The second kappa shape index (κ2) is 12.0. The number of hydrogen-bond donors (Lipinski definition) is 0. The molecule has 0 radical (unpaired) electrons. The van der Waals surface area contributed by atoms with E-state index in [-0.39, 0.29) is 0 Å². The molecule has 4 heteroatoms. The van der Waals surface area contributed by atoms with Crippen LogP contribution < -0.4 is 0 Å². The third-order valence-electron chi connectivity index (χ3n) is 11.5. The highest BCUT2D eigenvalue weighted by Gasteiger charge is 2.23. The molecule has 0 aliphatic heterocycles. The summed E-state index contributed by atoms with van der Waals surface area (Å²) < 4.78 is 4.68. The lowest BCUT2D eigenvalue weighted by atomic mass is 10.0. The van der Waals surface area contributed by atoms with Crippen molar-refractivity contribution in [3.63, 3.8) is 0 Å². The molecule has 0 aliphatic rings. The van der Waals surface area contributed by atoms with Crippen LogP contribution >= 0.6 is 0 Å². The quantitative estimate of drug-likeness (QED) is 0.182. The van der Waals surface area contributed by atoms with Gasteiger partial charge in [0.05, 0.1) is 33.3 Å². The number of nitrogens with zero attached hydrogens (tertiary/aromatic N) is 4. The Hall–Kier alpha value is -7.56.